The third-order valence-electron chi connectivity index (χ3n) is 2.52. The van der Waals surface area contributed by atoms with Crippen molar-refractivity contribution >= 4 is 17.8 Å². The second kappa shape index (κ2) is 5.22. The van der Waals surface area contributed by atoms with Gasteiger partial charge in [-0.2, -0.15) is 0 Å². The predicted octanol–water partition coefficient (Wildman–Crippen LogP) is 4.39. The summed E-state index contributed by atoms with van der Waals surface area (Å²) in [7, 11) is 0. The van der Waals surface area contributed by atoms with Gasteiger partial charge in [-0.05, 0) is 42.7 Å². The molecular formula is C14H16S. The van der Waals surface area contributed by atoms with Crippen molar-refractivity contribution in [3.05, 3.63) is 48.1 Å². The molecule has 1 aromatic rings. The molecule has 0 amide bonds. The molecule has 0 radical (unpaired) electrons. The zero-order valence-electron chi connectivity index (χ0n) is 9.02. The average molecular weight is 216 g/mol. The van der Waals surface area contributed by atoms with Crippen molar-refractivity contribution in [2.75, 3.05) is 6.26 Å². The SMILES string of the molecule is CSc1ccc(/C=C/C=C/C2CC2)cc1. The quantitative estimate of drug-likeness (QED) is 0.531. The van der Waals surface area contributed by atoms with E-state index in [0.717, 1.165) is 5.92 Å². The van der Waals surface area contributed by atoms with Crippen LogP contribution in [-0.2, 0) is 0 Å². The molecule has 1 aromatic carbocycles. The molecule has 0 saturated heterocycles. The van der Waals surface area contributed by atoms with Crippen LogP contribution >= 0.6 is 11.8 Å². The fourth-order valence-corrected chi connectivity index (χ4v) is 1.80. The summed E-state index contributed by atoms with van der Waals surface area (Å²) in [6.45, 7) is 0. The molecule has 1 aliphatic rings. The lowest BCUT2D eigenvalue weighted by Gasteiger charge is -1.95. The van der Waals surface area contributed by atoms with Crippen LogP contribution in [0.4, 0.5) is 0 Å². The normalized spacial score (nSPS) is 16.6. The molecule has 0 aromatic heterocycles. The van der Waals surface area contributed by atoms with E-state index < -0.39 is 0 Å². The summed E-state index contributed by atoms with van der Waals surface area (Å²) in [5.74, 6) is 0.869. The van der Waals surface area contributed by atoms with Gasteiger partial charge in [-0.3, -0.25) is 0 Å². The number of rotatable bonds is 4. The van der Waals surface area contributed by atoms with Crippen LogP contribution in [0, 0.1) is 5.92 Å². The molecule has 78 valence electrons. The molecule has 0 aliphatic heterocycles. The van der Waals surface area contributed by atoms with E-state index in [1.165, 1.54) is 23.3 Å². The molecule has 0 unspecified atom stereocenters. The van der Waals surface area contributed by atoms with Crippen molar-refractivity contribution < 1.29 is 0 Å². The van der Waals surface area contributed by atoms with Gasteiger partial charge in [0.15, 0.2) is 0 Å². The highest BCUT2D eigenvalue weighted by Crippen LogP contribution is 2.29. The van der Waals surface area contributed by atoms with E-state index in [9.17, 15) is 0 Å². The molecule has 0 heterocycles. The molecule has 0 nitrogen and oxygen atoms in total. The van der Waals surface area contributed by atoms with Crippen molar-refractivity contribution in [1.82, 2.24) is 0 Å². The summed E-state index contributed by atoms with van der Waals surface area (Å²) in [6, 6.07) is 8.64. The highest BCUT2D eigenvalue weighted by Gasteiger charge is 2.16. The van der Waals surface area contributed by atoms with E-state index >= 15 is 0 Å². The summed E-state index contributed by atoms with van der Waals surface area (Å²) in [5, 5.41) is 0. The number of benzene rings is 1. The Morgan fingerprint density at radius 1 is 1.13 bits per heavy atom. The van der Waals surface area contributed by atoms with Gasteiger partial charge in [-0.15, -0.1) is 11.8 Å². The molecule has 1 aliphatic carbocycles. The molecule has 0 spiro atoms. The molecule has 2 rings (SSSR count). The number of hydrogen-bond acceptors (Lipinski definition) is 1. The van der Waals surface area contributed by atoms with Crippen LogP contribution in [0.15, 0.2) is 47.4 Å². The lowest BCUT2D eigenvalue weighted by molar-refractivity contribution is 1.12. The Kier molecular flexibility index (Phi) is 3.68. The molecule has 1 fully saturated rings. The first-order valence-corrected chi connectivity index (χ1v) is 6.60. The summed E-state index contributed by atoms with van der Waals surface area (Å²) in [6.07, 6.45) is 13.6. The maximum absolute atomic E-state index is 2.30. The van der Waals surface area contributed by atoms with Crippen LogP contribution in [0.2, 0.25) is 0 Å². The Bertz CT molecular complexity index is 355. The molecule has 1 saturated carbocycles. The van der Waals surface area contributed by atoms with Gasteiger partial charge >= 0.3 is 0 Å². The van der Waals surface area contributed by atoms with Gasteiger partial charge in [0, 0.05) is 4.90 Å². The van der Waals surface area contributed by atoms with E-state index in [0.29, 0.717) is 0 Å². The van der Waals surface area contributed by atoms with Crippen LogP contribution in [0.25, 0.3) is 6.08 Å². The Hall–Kier alpha value is -0.950. The van der Waals surface area contributed by atoms with Gasteiger partial charge in [0.05, 0.1) is 0 Å². The van der Waals surface area contributed by atoms with Crippen LogP contribution in [0.5, 0.6) is 0 Å². The van der Waals surface area contributed by atoms with Gasteiger partial charge in [-0.25, -0.2) is 0 Å². The third-order valence-corrected chi connectivity index (χ3v) is 3.26. The molecule has 0 bridgehead atoms. The summed E-state index contributed by atoms with van der Waals surface area (Å²) in [4.78, 5) is 1.32. The molecule has 1 heteroatoms. The summed E-state index contributed by atoms with van der Waals surface area (Å²) in [5.41, 5.74) is 1.27. The molecule has 0 N–H and O–H groups in total. The highest BCUT2D eigenvalue weighted by molar-refractivity contribution is 7.98. The van der Waals surface area contributed by atoms with Gasteiger partial charge in [-0.1, -0.05) is 36.4 Å². The minimum absolute atomic E-state index is 0.869. The van der Waals surface area contributed by atoms with Gasteiger partial charge in [0.25, 0.3) is 0 Å². The summed E-state index contributed by atoms with van der Waals surface area (Å²) >= 11 is 1.78. The topological polar surface area (TPSA) is 0 Å². The Balaban J connectivity index is 1.91. The monoisotopic (exact) mass is 216 g/mol. The summed E-state index contributed by atoms with van der Waals surface area (Å²) < 4.78 is 0. The fourth-order valence-electron chi connectivity index (χ4n) is 1.39. The van der Waals surface area contributed by atoms with Crippen LogP contribution in [0.3, 0.4) is 0 Å². The Morgan fingerprint density at radius 3 is 2.47 bits per heavy atom. The van der Waals surface area contributed by atoms with E-state index in [2.05, 4.69) is 54.8 Å². The fraction of sp³-hybridized carbons (Fsp3) is 0.286. The number of thioether (sulfide) groups is 1. The zero-order chi connectivity index (χ0) is 10.5. The standard InChI is InChI=1S/C14H16S/c1-15-14-10-8-13(9-11-14)5-3-2-4-12-6-7-12/h2-5,8-12H,6-7H2,1H3/b4-2+,5-3+. The maximum atomic E-state index is 2.30. The first kappa shape index (κ1) is 10.6. The van der Waals surface area contributed by atoms with Gasteiger partial charge < -0.3 is 0 Å². The Morgan fingerprint density at radius 2 is 1.87 bits per heavy atom. The van der Waals surface area contributed by atoms with E-state index in [4.69, 9.17) is 0 Å². The maximum Gasteiger partial charge on any atom is 0.00695 e. The van der Waals surface area contributed by atoms with E-state index in [-0.39, 0.29) is 0 Å². The lowest BCUT2D eigenvalue weighted by atomic mass is 10.2. The van der Waals surface area contributed by atoms with Crippen molar-refractivity contribution in [2.24, 2.45) is 5.92 Å². The number of allylic oxidation sites excluding steroid dienone is 3. The first-order chi connectivity index (χ1) is 7.38. The first-order valence-electron chi connectivity index (χ1n) is 5.37. The predicted molar refractivity (Wildman–Crippen MR) is 69.1 cm³/mol. The van der Waals surface area contributed by atoms with Crippen molar-refractivity contribution in [2.45, 2.75) is 17.7 Å². The van der Waals surface area contributed by atoms with Crippen LogP contribution in [0.1, 0.15) is 18.4 Å². The Labute approximate surface area is 96.1 Å². The smallest absolute Gasteiger partial charge is 0.00695 e. The van der Waals surface area contributed by atoms with Crippen molar-refractivity contribution in [3.8, 4) is 0 Å². The highest BCUT2D eigenvalue weighted by atomic mass is 32.2. The lowest BCUT2D eigenvalue weighted by Crippen LogP contribution is -1.72. The molecule has 0 atom stereocenters. The second-order valence-electron chi connectivity index (χ2n) is 3.85. The van der Waals surface area contributed by atoms with Crippen LogP contribution < -0.4 is 0 Å². The minimum atomic E-state index is 0.869. The minimum Gasteiger partial charge on any atom is -0.130 e. The van der Waals surface area contributed by atoms with Gasteiger partial charge in [0.2, 0.25) is 0 Å². The molecule has 15 heavy (non-hydrogen) atoms. The van der Waals surface area contributed by atoms with E-state index in [1.54, 1.807) is 11.8 Å². The van der Waals surface area contributed by atoms with Crippen molar-refractivity contribution in [1.29, 1.82) is 0 Å². The zero-order valence-corrected chi connectivity index (χ0v) is 9.84. The van der Waals surface area contributed by atoms with Crippen LogP contribution in [-0.4, -0.2) is 6.26 Å². The third kappa shape index (κ3) is 3.60. The van der Waals surface area contributed by atoms with Crippen molar-refractivity contribution in [3.63, 3.8) is 0 Å². The number of hydrogen-bond donors (Lipinski definition) is 0. The van der Waals surface area contributed by atoms with E-state index in [1.807, 2.05) is 0 Å². The van der Waals surface area contributed by atoms with Gasteiger partial charge in [0.1, 0.15) is 0 Å². The molecular weight excluding hydrogens is 200 g/mol. The largest absolute Gasteiger partial charge is 0.130 e. The average Bonchev–Trinajstić information content (AvgIpc) is 3.09. The second-order valence-corrected chi connectivity index (χ2v) is 4.73.